The molecule has 0 amide bonds. The minimum Gasteiger partial charge on any atom is -0.497 e. The predicted octanol–water partition coefficient (Wildman–Crippen LogP) is 9.28. The van der Waals surface area contributed by atoms with Gasteiger partial charge in [-0.1, -0.05) is 85.2 Å². The highest BCUT2D eigenvalue weighted by atomic mass is 28.4. The monoisotopic (exact) mass is 763 g/mol. The summed E-state index contributed by atoms with van der Waals surface area (Å²) < 4.78 is 41.2. The summed E-state index contributed by atoms with van der Waals surface area (Å²) in [5.41, 5.74) is 2.07. The highest BCUT2D eigenvalue weighted by Crippen LogP contribution is 2.40. The molecule has 0 radical (unpaired) electrons. The fourth-order valence-corrected chi connectivity index (χ4v) is 8.19. The summed E-state index contributed by atoms with van der Waals surface area (Å²) in [5, 5.41) is 11.5. The van der Waals surface area contributed by atoms with Crippen LogP contribution in [0.25, 0.3) is 0 Å². The van der Waals surface area contributed by atoms with Gasteiger partial charge >= 0.3 is 5.97 Å². The number of allylic oxidation sites excluding steroid dienone is 1. The second-order valence-corrected chi connectivity index (χ2v) is 22.0. The molecule has 1 fully saturated rings. The van der Waals surface area contributed by atoms with Crippen LogP contribution in [0.1, 0.15) is 100 Å². The van der Waals surface area contributed by atoms with Crippen molar-refractivity contribution in [1.29, 1.82) is 0 Å². The van der Waals surface area contributed by atoms with Gasteiger partial charge in [0.1, 0.15) is 11.9 Å². The lowest BCUT2D eigenvalue weighted by molar-refractivity contribution is -0.167. The zero-order valence-corrected chi connectivity index (χ0v) is 36.7. The van der Waals surface area contributed by atoms with Gasteiger partial charge in [-0.05, 0) is 99.2 Å². The van der Waals surface area contributed by atoms with E-state index in [1.165, 1.54) is 7.11 Å². The number of benzene rings is 1. The number of aliphatic hydroxyl groups excluding tert-OH is 1. The molecule has 1 aliphatic heterocycles. The first-order valence-electron chi connectivity index (χ1n) is 19.6. The van der Waals surface area contributed by atoms with Gasteiger partial charge < -0.3 is 38.0 Å². The molecule has 9 nitrogen and oxygen atoms in total. The Kier molecular flexibility index (Phi) is 18.9. The quantitative estimate of drug-likeness (QED) is 0.0536. The van der Waals surface area contributed by atoms with Gasteiger partial charge in [0.2, 0.25) is 0 Å². The van der Waals surface area contributed by atoms with E-state index < -0.39 is 38.4 Å². The van der Waals surface area contributed by atoms with Gasteiger partial charge in [0.05, 0.1) is 39.1 Å². The van der Waals surface area contributed by atoms with E-state index in [-0.39, 0.29) is 40.9 Å². The molecule has 0 spiro atoms. The van der Waals surface area contributed by atoms with Gasteiger partial charge in [-0.25, -0.2) is 4.79 Å². The summed E-state index contributed by atoms with van der Waals surface area (Å²) in [6, 6.07) is 7.94. The second-order valence-electron chi connectivity index (χ2n) is 17.2. The number of ether oxygens (including phenoxy) is 6. The van der Waals surface area contributed by atoms with Crippen LogP contribution in [0.5, 0.6) is 5.75 Å². The number of hydrogen-bond acceptors (Lipinski definition) is 9. The molecule has 1 heterocycles. The van der Waals surface area contributed by atoms with E-state index in [4.69, 9.17) is 32.8 Å². The second kappa shape index (κ2) is 21.3. The summed E-state index contributed by atoms with van der Waals surface area (Å²) in [7, 11) is 2.66. The average molecular weight is 763 g/mol. The zero-order chi connectivity index (χ0) is 40.1. The minimum absolute atomic E-state index is 0.0470. The highest BCUT2D eigenvalue weighted by Gasteiger charge is 2.45. The van der Waals surface area contributed by atoms with Crippen molar-refractivity contribution >= 4 is 14.3 Å². The van der Waals surface area contributed by atoms with Crippen molar-refractivity contribution in [3.63, 3.8) is 0 Å². The Labute approximate surface area is 323 Å². The number of esters is 1. The summed E-state index contributed by atoms with van der Waals surface area (Å²) in [4.78, 5) is 12.2. The lowest BCUT2D eigenvalue weighted by Gasteiger charge is -2.44. The molecule has 53 heavy (non-hydrogen) atoms. The van der Waals surface area contributed by atoms with E-state index in [9.17, 15) is 9.90 Å². The molecular weight excluding hydrogens is 689 g/mol. The van der Waals surface area contributed by atoms with Crippen LogP contribution in [0.4, 0.5) is 0 Å². The van der Waals surface area contributed by atoms with Gasteiger partial charge in [0.25, 0.3) is 0 Å². The molecule has 1 saturated heterocycles. The number of methoxy groups -OCH3 is 3. The zero-order valence-electron chi connectivity index (χ0n) is 35.7. The molecule has 304 valence electrons. The van der Waals surface area contributed by atoms with E-state index >= 15 is 0 Å². The Bertz CT molecular complexity index is 1290. The van der Waals surface area contributed by atoms with Gasteiger partial charge in [-0.3, -0.25) is 0 Å². The van der Waals surface area contributed by atoms with Crippen molar-refractivity contribution in [2.24, 2.45) is 23.7 Å². The molecule has 2 rings (SSSR count). The van der Waals surface area contributed by atoms with E-state index in [1.807, 2.05) is 37.3 Å². The van der Waals surface area contributed by atoms with Gasteiger partial charge in [-0.15, -0.1) is 0 Å². The molecule has 0 saturated carbocycles. The summed E-state index contributed by atoms with van der Waals surface area (Å²) in [5.74, 6) is 0.0743. The summed E-state index contributed by atoms with van der Waals surface area (Å²) in [6.07, 6.45) is 7.82. The molecule has 9 atom stereocenters. The van der Waals surface area contributed by atoms with Crippen LogP contribution in [-0.2, 0) is 39.5 Å². The van der Waals surface area contributed by atoms with Crippen molar-refractivity contribution in [2.75, 3.05) is 27.9 Å². The maximum atomic E-state index is 12.2. The van der Waals surface area contributed by atoms with Crippen molar-refractivity contribution in [3.8, 4) is 5.75 Å². The Balaban J connectivity index is 2.04. The third kappa shape index (κ3) is 14.8. The van der Waals surface area contributed by atoms with Gasteiger partial charge in [0.15, 0.2) is 20.2 Å². The Hall–Kier alpha value is -2.05. The number of carbonyl (C=O) groups is 1. The number of aliphatic hydroxyl groups is 1. The lowest BCUT2D eigenvalue weighted by atomic mass is 9.85. The maximum absolute atomic E-state index is 12.2. The van der Waals surface area contributed by atoms with Crippen LogP contribution in [0.2, 0.25) is 18.1 Å². The molecule has 1 aromatic carbocycles. The first-order chi connectivity index (χ1) is 24.7. The smallest absolute Gasteiger partial charge is 0.338 e. The molecule has 1 aromatic rings. The molecule has 1 unspecified atom stereocenters. The minimum atomic E-state index is -2.14. The normalized spacial score (nSPS) is 22.2. The number of carbonyl (C=O) groups excluding carboxylic acids is 1. The number of hydrogen-bond donors (Lipinski definition) is 1. The number of rotatable bonds is 22. The van der Waals surface area contributed by atoms with Crippen molar-refractivity contribution < 1.29 is 42.7 Å². The molecule has 1 aliphatic rings. The Morgan fingerprint density at radius 1 is 1.00 bits per heavy atom. The van der Waals surface area contributed by atoms with Crippen LogP contribution in [0.3, 0.4) is 0 Å². The van der Waals surface area contributed by atoms with Crippen molar-refractivity contribution in [1.82, 2.24) is 0 Å². The fourth-order valence-electron chi connectivity index (χ4n) is 6.73. The summed E-state index contributed by atoms with van der Waals surface area (Å²) >= 11 is 0. The van der Waals surface area contributed by atoms with Gasteiger partial charge in [-0.2, -0.15) is 0 Å². The summed E-state index contributed by atoms with van der Waals surface area (Å²) in [6.45, 7) is 26.9. The van der Waals surface area contributed by atoms with Crippen LogP contribution in [0, 0.1) is 23.7 Å². The van der Waals surface area contributed by atoms with E-state index in [1.54, 1.807) is 28.1 Å². The van der Waals surface area contributed by atoms with Crippen LogP contribution in [0.15, 0.2) is 48.1 Å². The maximum Gasteiger partial charge on any atom is 0.338 e. The van der Waals surface area contributed by atoms with E-state index in [2.05, 4.69) is 73.7 Å². The largest absolute Gasteiger partial charge is 0.497 e. The standard InChI is InChI=1S/C43H74O9Si/c1-29(19-24-37-40(41(45)48-13)51-43(9,10)50-37)17-16-18-30(2)38(44)31(3)27-32(4)39(52-53(14,15)42(6,7)8)33(5)36(47-12)25-26-49-28-34-20-22-35(46-11)23-21-34/h19-24,27,29-30,32-33,36-40,44H,16-18,25-26,28H2,1-15H3/b24-19+,31-27+/t29-,30+,32-,33-,36-,37-,38?,39+,40-/m1/s1. The predicted molar refractivity (Wildman–Crippen MR) is 215 cm³/mol. The third-order valence-electron chi connectivity index (χ3n) is 11.2. The van der Waals surface area contributed by atoms with Crippen LogP contribution in [-0.4, -0.2) is 83.6 Å². The first-order valence-corrected chi connectivity index (χ1v) is 22.5. The first kappa shape index (κ1) is 47.1. The SMILES string of the molecule is COC(=O)[C@@H]1OC(C)(C)O[C@@H]1/C=C/[C@H](C)CCC[C@H](C)C(O)/C(C)=C/[C@@H](C)[C@H](O[Si](C)(C)C(C)(C)C)[C@H](C)[C@@H](CCOCc1ccc(OC)cc1)OC. The van der Waals surface area contributed by atoms with Crippen molar-refractivity contribution in [2.45, 2.75) is 156 Å². The molecule has 0 aliphatic carbocycles. The van der Waals surface area contributed by atoms with Crippen LogP contribution < -0.4 is 4.74 Å². The molecule has 10 heteroatoms. The molecule has 0 bridgehead atoms. The van der Waals surface area contributed by atoms with E-state index in [0.29, 0.717) is 13.2 Å². The lowest BCUT2D eigenvalue weighted by Crippen LogP contribution is -2.49. The fraction of sp³-hybridized carbons (Fsp3) is 0.744. The molecular formula is C43H74O9Si. The molecule has 1 N–H and O–H groups in total. The Morgan fingerprint density at radius 2 is 1.64 bits per heavy atom. The molecule has 0 aromatic heterocycles. The van der Waals surface area contributed by atoms with Crippen LogP contribution >= 0.6 is 0 Å². The average Bonchev–Trinajstić information content (AvgIpc) is 3.42. The topological polar surface area (TPSA) is 102 Å². The van der Waals surface area contributed by atoms with Crippen molar-refractivity contribution in [3.05, 3.63) is 53.6 Å². The van der Waals surface area contributed by atoms with Gasteiger partial charge in [0, 0.05) is 19.6 Å². The van der Waals surface area contributed by atoms with E-state index in [0.717, 1.165) is 42.6 Å². The highest BCUT2D eigenvalue weighted by molar-refractivity contribution is 6.74. The third-order valence-corrected chi connectivity index (χ3v) is 15.7. The Morgan fingerprint density at radius 3 is 2.21 bits per heavy atom.